The molecule has 7 nitrogen and oxygen atoms in total. The summed E-state index contributed by atoms with van der Waals surface area (Å²) in [7, 11) is 3.94. The Labute approximate surface area is 146 Å². The number of aromatic nitrogens is 4. The second-order valence-electron chi connectivity index (χ2n) is 6.84. The van der Waals surface area contributed by atoms with Crippen LogP contribution in [0.15, 0.2) is 24.9 Å². The van der Waals surface area contributed by atoms with E-state index in [0.717, 1.165) is 44.1 Å². The first-order valence-corrected chi connectivity index (χ1v) is 8.60. The topological polar surface area (TPSA) is 61.3 Å². The smallest absolute Gasteiger partial charge is 0.183 e. The number of halogens is 1. The van der Waals surface area contributed by atoms with Gasteiger partial charge in [-0.3, -0.25) is 0 Å². The lowest BCUT2D eigenvalue weighted by Gasteiger charge is -2.40. The number of piperidine rings is 1. The van der Waals surface area contributed by atoms with Gasteiger partial charge in [-0.15, -0.1) is 0 Å². The van der Waals surface area contributed by atoms with Gasteiger partial charge in [0.05, 0.1) is 12.2 Å². The van der Waals surface area contributed by atoms with Gasteiger partial charge in [0.1, 0.15) is 6.33 Å². The molecule has 4 heterocycles. The minimum Gasteiger partial charge on any atom is -0.360 e. The zero-order valence-corrected chi connectivity index (χ0v) is 14.5. The summed E-state index contributed by atoms with van der Waals surface area (Å²) in [4.78, 5) is 23.3. The van der Waals surface area contributed by atoms with Gasteiger partial charge >= 0.3 is 0 Å². The fourth-order valence-corrected chi connectivity index (χ4v) is 3.98. The van der Waals surface area contributed by atoms with E-state index < -0.39 is 0 Å². The Balaban J connectivity index is 1.61. The molecule has 0 radical (unpaired) electrons. The molecule has 8 heteroatoms. The maximum atomic E-state index is 14.2. The second-order valence-corrected chi connectivity index (χ2v) is 6.84. The molecule has 0 aliphatic carbocycles. The highest BCUT2D eigenvalue weighted by Crippen LogP contribution is 2.37. The van der Waals surface area contributed by atoms with E-state index in [0.29, 0.717) is 11.7 Å². The highest BCUT2D eigenvalue weighted by Gasteiger charge is 2.40. The minimum atomic E-state index is -0.353. The quantitative estimate of drug-likeness (QED) is 0.838. The fraction of sp³-hybridized carbons (Fsp3) is 0.529. The van der Waals surface area contributed by atoms with Gasteiger partial charge in [-0.1, -0.05) is 0 Å². The van der Waals surface area contributed by atoms with E-state index in [-0.39, 0.29) is 11.9 Å². The van der Waals surface area contributed by atoms with E-state index in [4.69, 9.17) is 0 Å². The SMILES string of the molecule is CN(C)c1nccnc1N1CCC2CCN(c3ncncc3F)C2C1. The summed E-state index contributed by atoms with van der Waals surface area (Å²) in [5.74, 6) is 2.37. The lowest BCUT2D eigenvalue weighted by Crippen LogP contribution is -2.49. The van der Waals surface area contributed by atoms with E-state index >= 15 is 0 Å². The van der Waals surface area contributed by atoms with Crippen LogP contribution in [-0.4, -0.2) is 59.7 Å². The number of hydrogen-bond acceptors (Lipinski definition) is 7. The average molecular weight is 343 g/mol. The van der Waals surface area contributed by atoms with Crippen LogP contribution in [0.1, 0.15) is 12.8 Å². The van der Waals surface area contributed by atoms with Crippen LogP contribution in [0.4, 0.5) is 21.8 Å². The maximum Gasteiger partial charge on any atom is 0.183 e. The first-order chi connectivity index (χ1) is 12.1. The Kier molecular flexibility index (Phi) is 4.10. The summed E-state index contributed by atoms with van der Waals surface area (Å²) < 4.78 is 14.2. The summed E-state index contributed by atoms with van der Waals surface area (Å²) in [6.07, 6.45) is 8.23. The molecule has 0 N–H and O–H groups in total. The monoisotopic (exact) mass is 343 g/mol. The standard InChI is InChI=1S/C17H22FN7/c1-23(2)16-17(21-6-5-20-16)24-7-3-12-4-8-25(14(12)10-24)15-13(18)9-19-11-22-15/h5-6,9,11-12,14H,3-4,7-8,10H2,1-2H3. The Hall–Kier alpha value is -2.51. The van der Waals surface area contributed by atoms with Gasteiger partial charge in [0, 0.05) is 46.1 Å². The Morgan fingerprint density at radius 3 is 2.68 bits per heavy atom. The molecule has 2 saturated heterocycles. The van der Waals surface area contributed by atoms with Crippen LogP contribution in [0, 0.1) is 11.7 Å². The predicted octanol–water partition coefficient (Wildman–Crippen LogP) is 1.58. The van der Waals surface area contributed by atoms with E-state index in [9.17, 15) is 4.39 Å². The molecule has 2 aliphatic heterocycles. The van der Waals surface area contributed by atoms with Crippen molar-refractivity contribution in [2.45, 2.75) is 18.9 Å². The summed E-state index contributed by atoms with van der Waals surface area (Å²) in [5, 5.41) is 0. The lowest BCUT2D eigenvalue weighted by atomic mass is 9.92. The molecule has 0 saturated carbocycles. The van der Waals surface area contributed by atoms with Crippen LogP contribution in [0.5, 0.6) is 0 Å². The number of fused-ring (bicyclic) bond motifs is 1. The number of rotatable bonds is 3. The molecule has 2 unspecified atom stereocenters. The molecule has 2 fully saturated rings. The molecule has 2 atom stereocenters. The minimum absolute atomic E-state index is 0.232. The molecular formula is C17H22FN7. The lowest BCUT2D eigenvalue weighted by molar-refractivity contribution is 0.387. The van der Waals surface area contributed by atoms with Crippen LogP contribution >= 0.6 is 0 Å². The molecule has 0 bridgehead atoms. The van der Waals surface area contributed by atoms with Crippen molar-refractivity contribution < 1.29 is 4.39 Å². The normalized spacial score (nSPS) is 22.8. The van der Waals surface area contributed by atoms with Gasteiger partial charge in [0.25, 0.3) is 0 Å². The van der Waals surface area contributed by atoms with Gasteiger partial charge in [-0.25, -0.2) is 24.3 Å². The van der Waals surface area contributed by atoms with E-state index in [1.807, 2.05) is 19.0 Å². The maximum absolute atomic E-state index is 14.2. The van der Waals surface area contributed by atoms with Crippen molar-refractivity contribution in [3.8, 4) is 0 Å². The van der Waals surface area contributed by atoms with Gasteiger partial charge in [0.2, 0.25) is 0 Å². The molecule has 2 aromatic rings. The number of hydrogen-bond donors (Lipinski definition) is 0. The molecule has 25 heavy (non-hydrogen) atoms. The van der Waals surface area contributed by atoms with Crippen LogP contribution in [0.3, 0.4) is 0 Å². The molecule has 0 aromatic carbocycles. The first-order valence-electron chi connectivity index (χ1n) is 8.60. The molecule has 132 valence electrons. The average Bonchev–Trinajstić information content (AvgIpc) is 3.05. The van der Waals surface area contributed by atoms with Crippen molar-refractivity contribution in [3.63, 3.8) is 0 Å². The van der Waals surface area contributed by atoms with Crippen LogP contribution < -0.4 is 14.7 Å². The molecular weight excluding hydrogens is 321 g/mol. The van der Waals surface area contributed by atoms with Crippen LogP contribution in [0.2, 0.25) is 0 Å². The van der Waals surface area contributed by atoms with Crippen molar-refractivity contribution in [1.82, 2.24) is 19.9 Å². The third-order valence-corrected chi connectivity index (χ3v) is 5.17. The van der Waals surface area contributed by atoms with E-state index in [1.54, 1.807) is 12.4 Å². The zero-order valence-electron chi connectivity index (χ0n) is 14.5. The van der Waals surface area contributed by atoms with E-state index in [1.165, 1.54) is 12.5 Å². The van der Waals surface area contributed by atoms with Crippen molar-refractivity contribution >= 4 is 17.5 Å². The Morgan fingerprint density at radius 2 is 1.88 bits per heavy atom. The van der Waals surface area contributed by atoms with Gasteiger partial charge < -0.3 is 14.7 Å². The zero-order chi connectivity index (χ0) is 17.4. The largest absolute Gasteiger partial charge is 0.360 e. The number of anilines is 3. The fourth-order valence-electron chi connectivity index (χ4n) is 3.98. The highest BCUT2D eigenvalue weighted by atomic mass is 19.1. The molecule has 4 rings (SSSR count). The predicted molar refractivity (Wildman–Crippen MR) is 94.4 cm³/mol. The summed E-state index contributed by atoms with van der Waals surface area (Å²) in [5.41, 5.74) is 0. The Bertz CT molecular complexity index is 753. The van der Waals surface area contributed by atoms with Crippen molar-refractivity contribution in [2.24, 2.45) is 5.92 Å². The van der Waals surface area contributed by atoms with Gasteiger partial charge in [-0.2, -0.15) is 0 Å². The molecule has 2 aliphatic rings. The van der Waals surface area contributed by atoms with Crippen LogP contribution in [0.25, 0.3) is 0 Å². The Morgan fingerprint density at radius 1 is 1.08 bits per heavy atom. The summed E-state index contributed by atoms with van der Waals surface area (Å²) in [6, 6.07) is 0.232. The molecule has 0 amide bonds. The van der Waals surface area contributed by atoms with Crippen molar-refractivity contribution in [2.75, 3.05) is 48.4 Å². The van der Waals surface area contributed by atoms with Gasteiger partial charge in [0.15, 0.2) is 23.3 Å². The van der Waals surface area contributed by atoms with Crippen LogP contribution in [-0.2, 0) is 0 Å². The van der Waals surface area contributed by atoms with Crippen molar-refractivity contribution in [1.29, 1.82) is 0 Å². The molecule has 0 spiro atoms. The van der Waals surface area contributed by atoms with Gasteiger partial charge in [-0.05, 0) is 18.8 Å². The third kappa shape index (κ3) is 2.85. The van der Waals surface area contributed by atoms with Crippen molar-refractivity contribution in [3.05, 3.63) is 30.7 Å². The second kappa shape index (κ2) is 6.42. The highest BCUT2D eigenvalue weighted by molar-refractivity contribution is 5.62. The third-order valence-electron chi connectivity index (χ3n) is 5.17. The molecule has 2 aromatic heterocycles. The summed E-state index contributed by atoms with van der Waals surface area (Å²) >= 11 is 0. The first kappa shape index (κ1) is 16.0. The summed E-state index contributed by atoms with van der Waals surface area (Å²) in [6.45, 7) is 2.58. The van der Waals surface area contributed by atoms with E-state index in [2.05, 4.69) is 29.7 Å². The number of nitrogens with zero attached hydrogens (tertiary/aromatic N) is 7.